The number of fused-ring (bicyclic) bond motifs is 1. The molecule has 0 saturated heterocycles. The van der Waals surface area contributed by atoms with E-state index in [0.29, 0.717) is 48.4 Å². The number of anilines is 1. The fraction of sp³-hybridized carbons (Fsp3) is 0.364. The highest BCUT2D eigenvalue weighted by Gasteiger charge is 2.34. The molecular weight excluding hydrogens is 408 g/mol. The summed E-state index contributed by atoms with van der Waals surface area (Å²) in [6.07, 6.45) is 0.371. The Kier molecular flexibility index (Phi) is 7.05. The van der Waals surface area contributed by atoms with E-state index in [-0.39, 0.29) is 12.5 Å². The molecule has 0 bridgehead atoms. The Hall–Kier alpha value is -2.93. The minimum absolute atomic E-state index is 0.213. The number of benzene rings is 2. The predicted molar refractivity (Wildman–Crippen MR) is 115 cm³/mol. The first kappa shape index (κ1) is 21.8. The molecule has 0 aromatic heterocycles. The van der Waals surface area contributed by atoms with E-state index >= 15 is 0 Å². The summed E-state index contributed by atoms with van der Waals surface area (Å²) in [6, 6.07) is 9.53. The maximum Gasteiger partial charge on any atom is 0.322 e. The van der Waals surface area contributed by atoms with Crippen molar-refractivity contribution in [2.45, 2.75) is 32.7 Å². The van der Waals surface area contributed by atoms with E-state index in [4.69, 9.17) is 21.1 Å². The highest BCUT2D eigenvalue weighted by Crippen LogP contribution is 2.40. The molecule has 0 saturated carbocycles. The third-order valence-electron chi connectivity index (χ3n) is 4.87. The third kappa shape index (κ3) is 4.97. The van der Waals surface area contributed by atoms with E-state index in [1.54, 1.807) is 35.2 Å². The molecule has 7 nitrogen and oxygen atoms in total. The van der Waals surface area contributed by atoms with Gasteiger partial charge in [0.05, 0.1) is 25.7 Å². The molecule has 160 valence electrons. The predicted octanol–water partition coefficient (Wildman–Crippen LogP) is 4.74. The van der Waals surface area contributed by atoms with E-state index in [0.717, 1.165) is 11.1 Å². The summed E-state index contributed by atoms with van der Waals surface area (Å²) in [6.45, 7) is 5.09. The molecule has 0 fully saturated rings. The minimum atomic E-state index is -0.986. The number of ether oxygens (including phenoxy) is 2. The zero-order chi connectivity index (χ0) is 21.7. The van der Waals surface area contributed by atoms with Crippen molar-refractivity contribution >= 4 is 29.3 Å². The van der Waals surface area contributed by atoms with Crippen LogP contribution in [0.25, 0.3) is 0 Å². The van der Waals surface area contributed by atoms with Crippen molar-refractivity contribution in [1.29, 1.82) is 0 Å². The zero-order valence-electron chi connectivity index (χ0n) is 17.0. The summed E-state index contributed by atoms with van der Waals surface area (Å²) in [5.74, 6) is 0.190. The van der Waals surface area contributed by atoms with Crippen LogP contribution in [0.3, 0.4) is 0 Å². The number of hydrogen-bond acceptors (Lipinski definition) is 4. The summed E-state index contributed by atoms with van der Waals surface area (Å²) in [4.78, 5) is 26.1. The van der Waals surface area contributed by atoms with Crippen LogP contribution >= 0.6 is 11.6 Å². The maximum absolute atomic E-state index is 13.0. The molecule has 2 aromatic rings. The van der Waals surface area contributed by atoms with Crippen LogP contribution in [0.2, 0.25) is 5.02 Å². The van der Waals surface area contributed by atoms with Gasteiger partial charge in [-0.2, -0.15) is 0 Å². The second-order valence-corrected chi connectivity index (χ2v) is 7.30. The molecule has 0 spiro atoms. The van der Waals surface area contributed by atoms with Crippen molar-refractivity contribution in [2.75, 3.05) is 25.1 Å². The van der Waals surface area contributed by atoms with Gasteiger partial charge in [-0.05, 0) is 61.7 Å². The molecule has 2 amide bonds. The van der Waals surface area contributed by atoms with Gasteiger partial charge in [0.2, 0.25) is 0 Å². The van der Waals surface area contributed by atoms with Gasteiger partial charge >= 0.3 is 12.0 Å². The molecule has 0 radical (unpaired) electrons. The van der Waals surface area contributed by atoms with Gasteiger partial charge in [0, 0.05) is 17.3 Å². The molecular formula is C22H25ClN2O5. The molecule has 1 heterocycles. The van der Waals surface area contributed by atoms with Gasteiger partial charge in [-0.1, -0.05) is 17.7 Å². The highest BCUT2D eigenvalue weighted by molar-refractivity contribution is 6.30. The molecule has 3 rings (SSSR count). The fourth-order valence-corrected chi connectivity index (χ4v) is 3.83. The van der Waals surface area contributed by atoms with Crippen LogP contribution in [0.5, 0.6) is 11.5 Å². The number of nitrogens with one attached hydrogen (secondary N) is 1. The van der Waals surface area contributed by atoms with Gasteiger partial charge in [0.15, 0.2) is 11.5 Å². The van der Waals surface area contributed by atoms with Crippen LogP contribution in [0.15, 0.2) is 36.4 Å². The van der Waals surface area contributed by atoms with Crippen molar-refractivity contribution < 1.29 is 24.2 Å². The molecule has 1 aliphatic heterocycles. The van der Waals surface area contributed by atoms with E-state index in [1.165, 1.54) is 0 Å². The first-order valence-corrected chi connectivity index (χ1v) is 10.3. The Balaban J connectivity index is 1.94. The topological polar surface area (TPSA) is 88.1 Å². The average molecular weight is 433 g/mol. The number of halogens is 1. The first-order valence-electron chi connectivity index (χ1n) is 9.90. The van der Waals surface area contributed by atoms with Crippen molar-refractivity contribution in [2.24, 2.45) is 0 Å². The number of carboxylic acid groups (broad SMARTS) is 1. The van der Waals surface area contributed by atoms with Crippen LogP contribution in [0.1, 0.15) is 37.4 Å². The van der Waals surface area contributed by atoms with Crippen LogP contribution in [-0.2, 0) is 11.2 Å². The van der Waals surface area contributed by atoms with Crippen molar-refractivity contribution in [3.63, 3.8) is 0 Å². The van der Waals surface area contributed by atoms with E-state index in [1.807, 2.05) is 19.9 Å². The van der Waals surface area contributed by atoms with Gasteiger partial charge in [-0.25, -0.2) is 4.79 Å². The quantitative estimate of drug-likeness (QED) is 0.659. The molecule has 0 aliphatic carbocycles. The number of urea groups is 1. The molecule has 1 atom stereocenters. The van der Waals surface area contributed by atoms with Crippen molar-refractivity contribution in [1.82, 2.24) is 4.90 Å². The first-order chi connectivity index (χ1) is 14.4. The van der Waals surface area contributed by atoms with Crippen LogP contribution in [0, 0.1) is 0 Å². The van der Waals surface area contributed by atoms with Crippen molar-refractivity contribution in [3.05, 3.63) is 52.5 Å². The lowest BCUT2D eigenvalue weighted by Gasteiger charge is -2.37. The molecule has 0 unspecified atom stereocenters. The summed E-state index contributed by atoms with van der Waals surface area (Å²) in [7, 11) is 0. The van der Waals surface area contributed by atoms with Crippen LogP contribution < -0.4 is 14.8 Å². The Labute approximate surface area is 180 Å². The normalized spacial score (nSPS) is 15.3. The molecule has 1 aliphatic rings. The van der Waals surface area contributed by atoms with Gasteiger partial charge in [-0.15, -0.1) is 0 Å². The van der Waals surface area contributed by atoms with Crippen LogP contribution in [0.4, 0.5) is 10.5 Å². The van der Waals surface area contributed by atoms with Crippen LogP contribution in [-0.4, -0.2) is 41.8 Å². The SMILES string of the molecule is CCOc1cc2c(cc1OCC)[C@@H](CC(=O)O)N(C(=O)Nc1cccc(Cl)c1)CC2. The number of aliphatic carboxylic acids is 1. The monoisotopic (exact) mass is 432 g/mol. The van der Waals surface area contributed by atoms with Gasteiger partial charge in [0.25, 0.3) is 0 Å². The zero-order valence-corrected chi connectivity index (χ0v) is 17.7. The largest absolute Gasteiger partial charge is 0.490 e. The fourth-order valence-electron chi connectivity index (χ4n) is 3.64. The lowest BCUT2D eigenvalue weighted by atomic mass is 9.90. The van der Waals surface area contributed by atoms with Gasteiger partial charge < -0.3 is 24.8 Å². The molecule has 2 N–H and O–H groups in total. The second kappa shape index (κ2) is 9.71. The Morgan fingerprint density at radius 2 is 1.87 bits per heavy atom. The summed E-state index contributed by atoms with van der Waals surface area (Å²) in [5, 5.41) is 12.8. The summed E-state index contributed by atoms with van der Waals surface area (Å²) in [5.41, 5.74) is 2.27. The maximum atomic E-state index is 13.0. The van der Waals surface area contributed by atoms with E-state index < -0.39 is 12.0 Å². The van der Waals surface area contributed by atoms with Gasteiger partial charge in [-0.3, -0.25) is 4.79 Å². The van der Waals surface area contributed by atoms with E-state index in [2.05, 4.69) is 5.32 Å². The number of carbonyl (C=O) groups excluding carboxylic acids is 1. The number of nitrogens with zero attached hydrogens (tertiary/aromatic N) is 1. The molecule has 2 aromatic carbocycles. The number of hydrogen-bond donors (Lipinski definition) is 2. The smallest absolute Gasteiger partial charge is 0.322 e. The molecule has 30 heavy (non-hydrogen) atoms. The van der Waals surface area contributed by atoms with Gasteiger partial charge in [0.1, 0.15) is 0 Å². The third-order valence-corrected chi connectivity index (χ3v) is 5.10. The second-order valence-electron chi connectivity index (χ2n) is 6.86. The number of carboxylic acids is 1. The minimum Gasteiger partial charge on any atom is -0.490 e. The Bertz CT molecular complexity index is 934. The number of rotatable bonds is 7. The lowest BCUT2D eigenvalue weighted by Crippen LogP contribution is -2.43. The Morgan fingerprint density at radius 1 is 1.17 bits per heavy atom. The van der Waals surface area contributed by atoms with Crippen molar-refractivity contribution in [3.8, 4) is 11.5 Å². The lowest BCUT2D eigenvalue weighted by molar-refractivity contribution is -0.138. The highest BCUT2D eigenvalue weighted by atomic mass is 35.5. The number of amides is 2. The standard InChI is InChI=1S/C22H25ClN2O5/c1-3-29-19-10-14-8-9-25(22(28)24-16-7-5-6-15(23)11-16)18(13-21(26)27)17(14)12-20(19)30-4-2/h5-7,10-12,18H,3-4,8-9,13H2,1-2H3,(H,24,28)(H,26,27)/t18-/m1/s1. The average Bonchev–Trinajstić information content (AvgIpc) is 2.69. The van der Waals surface area contributed by atoms with E-state index in [9.17, 15) is 14.7 Å². The molecule has 8 heteroatoms. The summed E-state index contributed by atoms with van der Waals surface area (Å²) >= 11 is 6.00. The number of carbonyl (C=O) groups is 2. The summed E-state index contributed by atoms with van der Waals surface area (Å²) < 4.78 is 11.4. The Morgan fingerprint density at radius 3 is 2.50 bits per heavy atom.